The van der Waals surface area contributed by atoms with Crippen LogP contribution in [0.3, 0.4) is 0 Å². The summed E-state index contributed by atoms with van der Waals surface area (Å²) in [6.45, 7) is 6.48. The van der Waals surface area contributed by atoms with Crippen molar-refractivity contribution in [1.29, 1.82) is 0 Å². The number of hydrogen-bond donors (Lipinski definition) is 1. The lowest BCUT2D eigenvalue weighted by atomic mass is 10.0. The van der Waals surface area contributed by atoms with E-state index in [0.717, 1.165) is 29.8 Å². The fourth-order valence-corrected chi connectivity index (χ4v) is 2.19. The second-order valence-corrected chi connectivity index (χ2v) is 5.01. The molecular weight excluding hydrogens is 242 g/mol. The Hall–Kier alpha value is -1.55. The number of benzene rings is 1. The Morgan fingerprint density at radius 1 is 1.37 bits per heavy atom. The summed E-state index contributed by atoms with van der Waals surface area (Å²) in [6, 6.07) is 3.75. The first-order valence-electron chi connectivity index (χ1n) is 6.44. The van der Waals surface area contributed by atoms with Gasteiger partial charge in [0.2, 0.25) is 0 Å². The smallest absolute Gasteiger partial charge is 0.320 e. The number of rotatable bonds is 6. The van der Waals surface area contributed by atoms with Gasteiger partial charge in [-0.1, -0.05) is 12.1 Å². The monoisotopic (exact) mass is 265 g/mol. The number of nitrogens with zero attached hydrogens (tertiary/aromatic N) is 1. The van der Waals surface area contributed by atoms with Crippen LogP contribution in [0, 0.1) is 13.8 Å². The van der Waals surface area contributed by atoms with Crippen molar-refractivity contribution in [2.45, 2.75) is 33.2 Å². The zero-order valence-electron chi connectivity index (χ0n) is 12.4. The number of likely N-dealkylation sites (N-methyl/N-ethyl adjacent to an activating group) is 1. The summed E-state index contributed by atoms with van der Waals surface area (Å²) in [5.74, 6) is 0.139. The highest BCUT2D eigenvalue weighted by atomic mass is 16.5. The summed E-state index contributed by atoms with van der Waals surface area (Å²) >= 11 is 0. The molecule has 0 fully saturated rings. The summed E-state index contributed by atoms with van der Waals surface area (Å²) in [7, 11) is 3.51. The molecule has 0 heterocycles. The van der Waals surface area contributed by atoms with Gasteiger partial charge < -0.3 is 9.84 Å². The third-order valence-electron chi connectivity index (χ3n) is 3.50. The van der Waals surface area contributed by atoms with Gasteiger partial charge in [-0.3, -0.25) is 9.69 Å². The molecule has 0 saturated heterocycles. The summed E-state index contributed by atoms with van der Waals surface area (Å²) in [4.78, 5) is 12.7. The Morgan fingerprint density at radius 3 is 2.32 bits per heavy atom. The van der Waals surface area contributed by atoms with Gasteiger partial charge in [0, 0.05) is 6.54 Å². The number of ether oxygens (including phenoxy) is 1. The van der Waals surface area contributed by atoms with Crippen LogP contribution in [0.5, 0.6) is 5.75 Å². The maximum absolute atomic E-state index is 10.9. The van der Waals surface area contributed by atoms with Crippen molar-refractivity contribution in [3.05, 3.63) is 28.8 Å². The van der Waals surface area contributed by atoms with E-state index in [-0.39, 0.29) is 0 Å². The number of carboxylic acids is 1. The van der Waals surface area contributed by atoms with Crippen LogP contribution in [0.2, 0.25) is 0 Å². The second kappa shape index (κ2) is 6.57. The van der Waals surface area contributed by atoms with E-state index < -0.39 is 12.0 Å². The van der Waals surface area contributed by atoms with Crippen LogP contribution in [0.1, 0.15) is 23.6 Å². The molecule has 0 amide bonds. The first-order valence-corrected chi connectivity index (χ1v) is 6.44. The Labute approximate surface area is 115 Å². The number of hydrogen-bond acceptors (Lipinski definition) is 3. The molecule has 0 aliphatic carbocycles. The van der Waals surface area contributed by atoms with E-state index in [1.54, 1.807) is 14.0 Å². The molecule has 0 spiro atoms. The molecular formula is C15H23NO3. The summed E-state index contributed by atoms with van der Waals surface area (Å²) < 4.78 is 5.34. The molecule has 1 unspecified atom stereocenters. The summed E-state index contributed by atoms with van der Waals surface area (Å²) in [5.41, 5.74) is 3.44. The van der Waals surface area contributed by atoms with Gasteiger partial charge in [-0.2, -0.15) is 0 Å². The Bertz CT molecular complexity index is 434. The summed E-state index contributed by atoms with van der Waals surface area (Å²) in [5, 5.41) is 8.95. The molecule has 1 aromatic rings. The molecule has 1 aromatic carbocycles. The third-order valence-corrected chi connectivity index (χ3v) is 3.50. The first kappa shape index (κ1) is 15.5. The molecule has 106 valence electrons. The minimum absolute atomic E-state index is 0.458. The zero-order valence-corrected chi connectivity index (χ0v) is 12.4. The van der Waals surface area contributed by atoms with Crippen LogP contribution in [0.15, 0.2) is 12.1 Å². The van der Waals surface area contributed by atoms with Gasteiger partial charge in [0.1, 0.15) is 11.8 Å². The minimum atomic E-state index is -0.787. The van der Waals surface area contributed by atoms with Crippen LogP contribution in [-0.4, -0.2) is 42.7 Å². The molecule has 0 bridgehead atoms. The number of methoxy groups -OCH3 is 1. The molecule has 4 heteroatoms. The molecule has 0 saturated carbocycles. The van der Waals surface area contributed by atoms with Gasteiger partial charge in [0.25, 0.3) is 0 Å². The van der Waals surface area contributed by atoms with Gasteiger partial charge in [-0.15, -0.1) is 0 Å². The SMILES string of the molecule is COc1c(C)cc(CCN(C)C(C)C(=O)O)cc1C. The lowest BCUT2D eigenvalue weighted by molar-refractivity contribution is -0.142. The topological polar surface area (TPSA) is 49.8 Å². The van der Waals surface area contributed by atoms with Gasteiger partial charge in [-0.25, -0.2) is 0 Å². The zero-order chi connectivity index (χ0) is 14.6. The van der Waals surface area contributed by atoms with Crippen molar-refractivity contribution in [3.8, 4) is 5.75 Å². The van der Waals surface area contributed by atoms with Crippen LogP contribution in [-0.2, 0) is 11.2 Å². The van der Waals surface area contributed by atoms with Crippen LogP contribution >= 0.6 is 0 Å². The van der Waals surface area contributed by atoms with Crippen LogP contribution < -0.4 is 4.74 Å². The summed E-state index contributed by atoms with van der Waals surface area (Å²) in [6.07, 6.45) is 0.833. The fraction of sp³-hybridized carbons (Fsp3) is 0.533. The van der Waals surface area contributed by atoms with Crippen molar-refractivity contribution in [2.75, 3.05) is 20.7 Å². The molecule has 1 atom stereocenters. The average molecular weight is 265 g/mol. The van der Waals surface area contributed by atoms with E-state index in [4.69, 9.17) is 9.84 Å². The van der Waals surface area contributed by atoms with Gasteiger partial charge in [-0.05, 0) is 50.9 Å². The van der Waals surface area contributed by atoms with Gasteiger partial charge >= 0.3 is 5.97 Å². The largest absolute Gasteiger partial charge is 0.496 e. The number of carboxylic acid groups (broad SMARTS) is 1. The normalized spacial score (nSPS) is 12.5. The highest BCUT2D eigenvalue weighted by Crippen LogP contribution is 2.24. The predicted octanol–water partition coefficient (Wildman–Crippen LogP) is 2.26. The molecule has 1 N–H and O–H groups in total. The van der Waals surface area contributed by atoms with Crippen molar-refractivity contribution in [1.82, 2.24) is 4.90 Å². The molecule has 4 nitrogen and oxygen atoms in total. The Morgan fingerprint density at radius 2 is 1.89 bits per heavy atom. The van der Waals surface area contributed by atoms with E-state index in [0.29, 0.717) is 0 Å². The lowest BCUT2D eigenvalue weighted by Gasteiger charge is -2.21. The molecule has 19 heavy (non-hydrogen) atoms. The van der Waals surface area contributed by atoms with Crippen LogP contribution in [0.4, 0.5) is 0 Å². The Kier molecular flexibility index (Phi) is 5.36. The van der Waals surface area contributed by atoms with Gasteiger partial charge in [0.15, 0.2) is 0 Å². The molecule has 0 aromatic heterocycles. The van der Waals surface area contributed by atoms with Crippen molar-refractivity contribution in [3.63, 3.8) is 0 Å². The van der Waals surface area contributed by atoms with Crippen LogP contribution in [0.25, 0.3) is 0 Å². The molecule has 0 aliphatic rings. The standard InChI is InChI=1S/C15H23NO3/c1-10-8-13(9-11(2)14(10)19-5)6-7-16(4)12(3)15(17)18/h8-9,12H,6-7H2,1-5H3,(H,17,18). The predicted molar refractivity (Wildman–Crippen MR) is 75.9 cm³/mol. The quantitative estimate of drug-likeness (QED) is 0.857. The minimum Gasteiger partial charge on any atom is -0.496 e. The number of carbonyl (C=O) groups is 1. The van der Waals surface area contributed by atoms with E-state index in [2.05, 4.69) is 12.1 Å². The number of aryl methyl sites for hydroxylation is 2. The van der Waals surface area contributed by atoms with Crippen molar-refractivity contribution < 1.29 is 14.6 Å². The molecule has 0 radical (unpaired) electrons. The highest BCUT2D eigenvalue weighted by Gasteiger charge is 2.16. The maximum Gasteiger partial charge on any atom is 0.320 e. The molecule has 1 rings (SSSR count). The van der Waals surface area contributed by atoms with Crippen molar-refractivity contribution in [2.24, 2.45) is 0 Å². The van der Waals surface area contributed by atoms with E-state index in [1.807, 2.05) is 25.8 Å². The number of aliphatic carboxylic acids is 1. The van der Waals surface area contributed by atoms with E-state index in [1.165, 1.54) is 5.56 Å². The van der Waals surface area contributed by atoms with Gasteiger partial charge in [0.05, 0.1) is 7.11 Å². The van der Waals surface area contributed by atoms with E-state index in [9.17, 15) is 4.79 Å². The second-order valence-electron chi connectivity index (χ2n) is 5.01. The van der Waals surface area contributed by atoms with Crippen molar-refractivity contribution >= 4 is 5.97 Å². The third kappa shape index (κ3) is 3.96. The fourth-order valence-electron chi connectivity index (χ4n) is 2.19. The lowest BCUT2D eigenvalue weighted by Crippen LogP contribution is -2.37. The molecule has 0 aliphatic heterocycles. The highest BCUT2D eigenvalue weighted by molar-refractivity contribution is 5.72. The van der Waals surface area contributed by atoms with E-state index >= 15 is 0 Å². The average Bonchev–Trinajstić information content (AvgIpc) is 2.34. The first-order chi connectivity index (χ1) is 8.86. The Balaban J connectivity index is 2.71. The maximum atomic E-state index is 10.9.